The molecule has 3 amide bonds. The standard InChI is InChI=1S/C11H19N3O4/c1-7(15)8(5-10(13)17)6-11(18)14-4-2-3-9(12)16/h8H,2-6H2,1H3,(H2,12,16)(H2,13,17)(H,14,18). The number of carbonyl (C=O) groups excluding carboxylic acids is 4. The van der Waals surface area contributed by atoms with Crippen LogP contribution in [0.5, 0.6) is 0 Å². The van der Waals surface area contributed by atoms with Crippen molar-refractivity contribution in [2.75, 3.05) is 6.54 Å². The van der Waals surface area contributed by atoms with Gasteiger partial charge in [0.1, 0.15) is 5.78 Å². The Morgan fingerprint density at radius 3 is 2.11 bits per heavy atom. The molecule has 0 heterocycles. The zero-order valence-corrected chi connectivity index (χ0v) is 10.4. The van der Waals surface area contributed by atoms with Gasteiger partial charge in [0.2, 0.25) is 17.7 Å². The summed E-state index contributed by atoms with van der Waals surface area (Å²) in [5, 5.41) is 2.55. The maximum absolute atomic E-state index is 11.5. The van der Waals surface area contributed by atoms with Crippen LogP contribution in [0.1, 0.15) is 32.6 Å². The van der Waals surface area contributed by atoms with Crippen LogP contribution in [-0.2, 0) is 19.2 Å². The lowest BCUT2D eigenvalue weighted by Crippen LogP contribution is -2.31. The molecule has 0 saturated carbocycles. The maximum atomic E-state index is 11.5. The van der Waals surface area contributed by atoms with Crippen molar-refractivity contribution in [3.63, 3.8) is 0 Å². The normalized spacial score (nSPS) is 11.6. The predicted octanol–water partition coefficient (Wildman–Crippen LogP) is -1.16. The molecule has 0 aromatic heterocycles. The average molecular weight is 257 g/mol. The number of hydrogen-bond acceptors (Lipinski definition) is 4. The summed E-state index contributed by atoms with van der Waals surface area (Å²) in [5.41, 5.74) is 9.92. The maximum Gasteiger partial charge on any atom is 0.220 e. The van der Waals surface area contributed by atoms with E-state index < -0.39 is 17.7 Å². The van der Waals surface area contributed by atoms with E-state index >= 15 is 0 Å². The molecule has 5 N–H and O–H groups in total. The van der Waals surface area contributed by atoms with Gasteiger partial charge in [-0.2, -0.15) is 0 Å². The van der Waals surface area contributed by atoms with Gasteiger partial charge in [0.05, 0.1) is 0 Å². The zero-order chi connectivity index (χ0) is 14.1. The fraction of sp³-hybridized carbons (Fsp3) is 0.636. The summed E-state index contributed by atoms with van der Waals surface area (Å²) in [6.45, 7) is 1.62. The highest BCUT2D eigenvalue weighted by atomic mass is 16.2. The first-order valence-electron chi connectivity index (χ1n) is 5.66. The lowest BCUT2D eigenvalue weighted by Gasteiger charge is -2.11. The van der Waals surface area contributed by atoms with Crippen LogP contribution in [0, 0.1) is 5.92 Å². The number of nitrogens with one attached hydrogen (secondary N) is 1. The van der Waals surface area contributed by atoms with Crippen molar-refractivity contribution in [2.45, 2.75) is 32.6 Å². The second-order valence-corrected chi connectivity index (χ2v) is 4.10. The molecule has 0 saturated heterocycles. The van der Waals surface area contributed by atoms with Gasteiger partial charge in [0.15, 0.2) is 0 Å². The highest BCUT2D eigenvalue weighted by Crippen LogP contribution is 2.09. The molecule has 18 heavy (non-hydrogen) atoms. The average Bonchev–Trinajstić information content (AvgIpc) is 2.22. The largest absolute Gasteiger partial charge is 0.370 e. The Kier molecular flexibility index (Phi) is 7.34. The van der Waals surface area contributed by atoms with Crippen LogP contribution in [-0.4, -0.2) is 30.0 Å². The van der Waals surface area contributed by atoms with Crippen molar-refractivity contribution in [3.05, 3.63) is 0 Å². The van der Waals surface area contributed by atoms with E-state index in [1.807, 2.05) is 0 Å². The second kappa shape index (κ2) is 8.21. The molecule has 0 aliphatic rings. The highest BCUT2D eigenvalue weighted by Gasteiger charge is 2.20. The lowest BCUT2D eigenvalue weighted by atomic mass is 9.96. The van der Waals surface area contributed by atoms with Crippen molar-refractivity contribution >= 4 is 23.5 Å². The lowest BCUT2D eigenvalue weighted by molar-refractivity contribution is -0.130. The number of hydrogen-bond donors (Lipinski definition) is 3. The Morgan fingerprint density at radius 2 is 1.67 bits per heavy atom. The molecule has 0 aromatic carbocycles. The summed E-state index contributed by atoms with van der Waals surface area (Å²) in [7, 11) is 0. The first-order chi connectivity index (χ1) is 8.32. The van der Waals surface area contributed by atoms with Crippen LogP contribution < -0.4 is 16.8 Å². The quantitative estimate of drug-likeness (QED) is 0.449. The minimum atomic E-state index is -0.682. The summed E-state index contributed by atoms with van der Waals surface area (Å²) >= 11 is 0. The number of carbonyl (C=O) groups is 4. The Labute approximate surface area is 105 Å². The number of rotatable bonds is 9. The first-order valence-corrected chi connectivity index (χ1v) is 5.66. The van der Waals surface area contributed by atoms with Gasteiger partial charge in [-0.1, -0.05) is 0 Å². The minimum absolute atomic E-state index is 0.0746. The highest BCUT2D eigenvalue weighted by molar-refractivity contribution is 5.89. The number of Topliss-reactive ketones (excluding diaryl/α,β-unsaturated/α-hetero) is 1. The van der Waals surface area contributed by atoms with Crippen LogP contribution in [0.4, 0.5) is 0 Å². The molecule has 7 nitrogen and oxygen atoms in total. The van der Waals surface area contributed by atoms with E-state index in [1.54, 1.807) is 0 Å². The van der Waals surface area contributed by atoms with Gasteiger partial charge >= 0.3 is 0 Å². The van der Waals surface area contributed by atoms with E-state index in [-0.39, 0.29) is 31.0 Å². The summed E-state index contributed by atoms with van der Waals surface area (Å²) < 4.78 is 0. The number of primary amides is 2. The molecule has 0 radical (unpaired) electrons. The minimum Gasteiger partial charge on any atom is -0.370 e. The van der Waals surface area contributed by atoms with Crippen LogP contribution in [0.2, 0.25) is 0 Å². The predicted molar refractivity (Wildman–Crippen MR) is 64.0 cm³/mol. The Bertz CT molecular complexity index is 341. The van der Waals surface area contributed by atoms with E-state index in [4.69, 9.17) is 11.5 Å². The van der Waals surface area contributed by atoms with Crippen LogP contribution in [0.25, 0.3) is 0 Å². The van der Waals surface area contributed by atoms with Crippen molar-refractivity contribution in [2.24, 2.45) is 17.4 Å². The molecule has 0 aromatic rings. The smallest absolute Gasteiger partial charge is 0.220 e. The van der Waals surface area contributed by atoms with Crippen molar-refractivity contribution in [1.29, 1.82) is 0 Å². The molecule has 1 atom stereocenters. The summed E-state index contributed by atoms with van der Waals surface area (Å²) in [4.78, 5) is 43.8. The number of ketones is 1. The first kappa shape index (κ1) is 16.1. The van der Waals surface area contributed by atoms with Gasteiger partial charge in [-0.15, -0.1) is 0 Å². The third kappa shape index (κ3) is 8.26. The summed E-state index contributed by atoms with van der Waals surface area (Å²) in [5.74, 6) is -2.32. The molecule has 0 fully saturated rings. The van der Waals surface area contributed by atoms with Crippen LogP contribution >= 0.6 is 0 Å². The summed E-state index contributed by atoms with van der Waals surface area (Å²) in [6.07, 6.45) is 0.429. The molecule has 0 aliphatic heterocycles. The number of amides is 3. The molecule has 0 bridgehead atoms. The fourth-order valence-corrected chi connectivity index (χ4v) is 1.39. The second-order valence-electron chi connectivity index (χ2n) is 4.10. The van der Waals surface area contributed by atoms with Gasteiger partial charge in [-0.05, 0) is 13.3 Å². The van der Waals surface area contributed by atoms with E-state index in [0.717, 1.165) is 0 Å². The monoisotopic (exact) mass is 257 g/mol. The molecule has 1 unspecified atom stereocenters. The van der Waals surface area contributed by atoms with Gasteiger partial charge < -0.3 is 16.8 Å². The molecule has 0 rings (SSSR count). The zero-order valence-electron chi connectivity index (χ0n) is 10.4. The van der Waals surface area contributed by atoms with Crippen LogP contribution in [0.3, 0.4) is 0 Å². The molecule has 102 valence electrons. The SMILES string of the molecule is CC(=O)C(CC(N)=O)CC(=O)NCCCC(N)=O. The van der Waals surface area contributed by atoms with Gasteiger partial charge in [-0.3, -0.25) is 19.2 Å². The Balaban J connectivity index is 3.99. The van der Waals surface area contributed by atoms with E-state index in [2.05, 4.69) is 5.32 Å². The fourth-order valence-electron chi connectivity index (χ4n) is 1.39. The topological polar surface area (TPSA) is 132 Å². The molecular weight excluding hydrogens is 238 g/mol. The Morgan fingerprint density at radius 1 is 1.06 bits per heavy atom. The van der Waals surface area contributed by atoms with Gasteiger partial charge in [0, 0.05) is 31.7 Å². The number of nitrogens with two attached hydrogens (primary N) is 2. The van der Waals surface area contributed by atoms with Crippen molar-refractivity contribution < 1.29 is 19.2 Å². The van der Waals surface area contributed by atoms with Gasteiger partial charge in [-0.25, -0.2) is 0 Å². The van der Waals surface area contributed by atoms with Crippen LogP contribution in [0.15, 0.2) is 0 Å². The molecule has 7 heteroatoms. The van der Waals surface area contributed by atoms with Crippen molar-refractivity contribution in [1.82, 2.24) is 5.32 Å². The Hall–Kier alpha value is -1.92. The van der Waals surface area contributed by atoms with Gasteiger partial charge in [0.25, 0.3) is 0 Å². The third-order valence-electron chi connectivity index (χ3n) is 2.38. The third-order valence-corrected chi connectivity index (χ3v) is 2.38. The van der Waals surface area contributed by atoms with E-state index in [0.29, 0.717) is 13.0 Å². The summed E-state index contributed by atoms with van der Waals surface area (Å²) in [6, 6.07) is 0. The molecule has 0 spiro atoms. The van der Waals surface area contributed by atoms with Crippen molar-refractivity contribution in [3.8, 4) is 0 Å². The van der Waals surface area contributed by atoms with E-state index in [9.17, 15) is 19.2 Å². The van der Waals surface area contributed by atoms with E-state index in [1.165, 1.54) is 6.92 Å². The molecular formula is C11H19N3O4. The molecule has 0 aliphatic carbocycles.